The van der Waals surface area contributed by atoms with Gasteiger partial charge in [-0.15, -0.1) is 11.3 Å². The van der Waals surface area contributed by atoms with Gasteiger partial charge in [0.2, 0.25) is 0 Å². The number of aromatic nitrogens is 2. The quantitative estimate of drug-likeness (QED) is 0.927. The van der Waals surface area contributed by atoms with E-state index in [-0.39, 0.29) is 0 Å². The lowest BCUT2D eigenvalue weighted by molar-refractivity contribution is 0.917. The minimum Gasteiger partial charge on any atom is -0.383 e. The van der Waals surface area contributed by atoms with Crippen molar-refractivity contribution in [3.05, 3.63) is 16.3 Å². The van der Waals surface area contributed by atoms with Crippen LogP contribution in [0.2, 0.25) is 0 Å². The summed E-state index contributed by atoms with van der Waals surface area (Å²) in [6.45, 7) is 2.15. The van der Waals surface area contributed by atoms with Crippen molar-refractivity contribution < 1.29 is 0 Å². The number of aryl methyl sites for hydroxylation is 2. The fourth-order valence-corrected chi connectivity index (χ4v) is 4.13. The summed E-state index contributed by atoms with van der Waals surface area (Å²) in [5.74, 6) is 3.50. The van der Waals surface area contributed by atoms with E-state index in [4.69, 9.17) is 5.73 Å². The van der Waals surface area contributed by atoms with E-state index < -0.39 is 0 Å². The largest absolute Gasteiger partial charge is 0.383 e. The Morgan fingerprint density at radius 1 is 1.35 bits per heavy atom. The Kier molecular flexibility index (Phi) is 2.96. The topological polar surface area (TPSA) is 51.8 Å². The molecule has 0 bridgehead atoms. The van der Waals surface area contributed by atoms with Crippen molar-refractivity contribution in [2.75, 3.05) is 11.5 Å². The van der Waals surface area contributed by atoms with Gasteiger partial charge in [0, 0.05) is 4.88 Å². The van der Waals surface area contributed by atoms with Crippen LogP contribution in [0.1, 0.15) is 29.6 Å². The lowest BCUT2D eigenvalue weighted by atomic mass is 10.2. The molecular weight excluding hydrogens is 250 g/mol. The molecule has 2 N–H and O–H groups in total. The molecular formula is C12H15N3S2. The number of anilines is 1. The predicted molar refractivity (Wildman–Crippen MR) is 75.7 cm³/mol. The smallest absolute Gasteiger partial charge is 0.142 e. The molecule has 0 fully saturated rings. The molecule has 2 aromatic rings. The van der Waals surface area contributed by atoms with Crippen LogP contribution >= 0.6 is 23.1 Å². The summed E-state index contributed by atoms with van der Waals surface area (Å²) in [4.78, 5) is 11.6. The van der Waals surface area contributed by atoms with E-state index in [1.807, 2.05) is 23.1 Å². The predicted octanol–water partition coefficient (Wildman–Crippen LogP) is 3.02. The Bertz CT molecular complexity index is 562. The average molecular weight is 265 g/mol. The molecule has 0 radical (unpaired) electrons. The van der Waals surface area contributed by atoms with Gasteiger partial charge in [0.05, 0.1) is 11.1 Å². The molecule has 0 aromatic carbocycles. The Morgan fingerprint density at radius 2 is 2.24 bits per heavy atom. The maximum absolute atomic E-state index is 6.09. The highest BCUT2D eigenvalue weighted by Gasteiger charge is 2.21. The first-order chi connectivity index (χ1) is 8.29. The number of thioether (sulfide) groups is 1. The summed E-state index contributed by atoms with van der Waals surface area (Å²) < 4.78 is 0. The minimum atomic E-state index is 0.682. The van der Waals surface area contributed by atoms with Gasteiger partial charge in [-0.05, 0) is 30.6 Å². The van der Waals surface area contributed by atoms with Crippen molar-refractivity contribution in [2.24, 2.45) is 0 Å². The van der Waals surface area contributed by atoms with E-state index in [1.165, 1.54) is 23.3 Å². The van der Waals surface area contributed by atoms with Gasteiger partial charge in [-0.25, -0.2) is 9.97 Å². The van der Waals surface area contributed by atoms with Crippen molar-refractivity contribution in [1.29, 1.82) is 0 Å². The summed E-state index contributed by atoms with van der Waals surface area (Å²) in [6, 6.07) is 0. The summed E-state index contributed by atoms with van der Waals surface area (Å²) >= 11 is 3.64. The third kappa shape index (κ3) is 1.91. The van der Waals surface area contributed by atoms with Gasteiger partial charge in [0.1, 0.15) is 16.5 Å². The highest BCUT2D eigenvalue weighted by molar-refractivity contribution is 7.98. The number of nitrogen functional groups attached to an aromatic ring is 1. The van der Waals surface area contributed by atoms with Crippen LogP contribution in [-0.4, -0.2) is 15.7 Å². The fourth-order valence-electron chi connectivity index (χ4n) is 2.33. The van der Waals surface area contributed by atoms with Crippen LogP contribution in [0.5, 0.6) is 0 Å². The zero-order valence-electron chi connectivity index (χ0n) is 9.82. The zero-order chi connectivity index (χ0) is 11.8. The van der Waals surface area contributed by atoms with Crippen LogP contribution in [0, 0.1) is 0 Å². The van der Waals surface area contributed by atoms with Crippen LogP contribution in [0.15, 0.2) is 0 Å². The van der Waals surface area contributed by atoms with Crippen LogP contribution in [0.25, 0.3) is 10.2 Å². The number of thiophene rings is 1. The molecule has 17 heavy (non-hydrogen) atoms. The first-order valence-corrected chi connectivity index (χ1v) is 7.91. The number of hydrogen-bond donors (Lipinski definition) is 1. The number of nitrogens with two attached hydrogens (primary N) is 1. The van der Waals surface area contributed by atoms with Gasteiger partial charge in [-0.1, -0.05) is 6.92 Å². The molecule has 0 aliphatic heterocycles. The van der Waals surface area contributed by atoms with Gasteiger partial charge in [0.15, 0.2) is 0 Å². The Morgan fingerprint density at radius 3 is 3.06 bits per heavy atom. The molecule has 0 unspecified atom stereocenters. The summed E-state index contributed by atoms with van der Waals surface area (Å²) in [5.41, 5.74) is 7.51. The molecule has 3 rings (SSSR count). The first-order valence-electron chi connectivity index (χ1n) is 5.94. The van der Waals surface area contributed by atoms with Gasteiger partial charge in [-0.2, -0.15) is 11.8 Å². The molecule has 5 heteroatoms. The Hall–Kier alpha value is -0.810. The molecule has 90 valence electrons. The minimum absolute atomic E-state index is 0.682. The van der Waals surface area contributed by atoms with E-state index in [1.54, 1.807) is 0 Å². The lowest BCUT2D eigenvalue weighted by Gasteiger charge is -2.02. The SMILES string of the molecule is CCSCc1nc(N)c2c3c(sc2n1)CCC3. The zero-order valence-corrected chi connectivity index (χ0v) is 11.5. The number of rotatable bonds is 3. The molecule has 0 amide bonds. The molecule has 1 aliphatic rings. The second-order valence-corrected chi connectivity index (χ2v) is 6.56. The van der Waals surface area contributed by atoms with Crippen molar-refractivity contribution in [3.63, 3.8) is 0 Å². The van der Waals surface area contributed by atoms with E-state index in [0.717, 1.165) is 34.0 Å². The Balaban J connectivity index is 2.08. The van der Waals surface area contributed by atoms with Crippen molar-refractivity contribution in [3.8, 4) is 0 Å². The van der Waals surface area contributed by atoms with Crippen LogP contribution in [0.3, 0.4) is 0 Å². The molecule has 0 saturated heterocycles. The molecule has 0 atom stereocenters. The molecule has 1 aliphatic carbocycles. The second-order valence-electron chi connectivity index (χ2n) is 4.20. The van der Waals surface area contributed by atoms with E-state index in [0.29, 0.717) is 5.82 Å². The summed E-state index contributed by atoms with van der Waals surface area (Å²) in [7, 11) is 0. The maximum atomic E-state index is 6.09. The average Bonchev–Trinajstić information content (AvgIpc) is 2.85. The first kappa shape index (κ1) is 11.3. The molecule has 3 nitrogen and oxygen atoms in total. The maximum Gasteiger partial charge on any atom is 0.142 e. The molecule has 2 aromatic heterocycles. The third-order valence-corrected chi connectivity index (χ3v) is 5.13. The number of fused-ring (bicyclic) bond motifs is 3. The standard InChI is InChI=1S/C12H15N3S2/c1-2-16-6-9-14-11(13)10-7-4-3-5-8(7)17-12(10)15-9/h2-6H2,1H3,(H2,13,14,15). The highest BCUT2D eigenvalue weighted by atomic mass is 32.2. The second kappa shape index (κ2) is 4.46. The van der Waals surface area contributed by atoms with Gasteiger partial charge < -0.3 is 5.73 Å². The summed E-state index contributed by atoms with van der Waals surface area (Å²) in [6.07, 6.45) is 3.59. The molecule has 0 spiro atoms. The van der Waals surface area contributed by atoms with E-state index in [9.17, 15) is 0 Å². The monoisotopic (exact) mass is 265 g/mol. The van der Waals surface area contributed by atoms with E-state index in [2.05, 4.69) is 16.9 Å². The third-order valence-electron chi connectivity index (χ3n) is 3.07. The normalized spacial score (nSPS) is 14.4. The van der Waals surface area contributed by atoms with Gasteiger partial charge in [0.25, 0.3) is 0 Å². The number of nitrogens with zero attached hydrogens (tertiary/aromatic N) is 2. The number of hydrogen-bond acceptors (Lipinski definition) is 5. The van der Waals surface area contributed by atoms with Gasteiger partial charge >= 0.3 is 0 Å². The van der Waals surface area contributed by atoms with Crippen molar-refractivity contribution >= 4 is 39.1 Å². The van der Waals surface area contributed by atoms with Crippen LogP contribution in [0.4, 0.5) is 5.82 Å². The summed E-state index contributed by atoms with van der Waals surface area (Å²) in [5, 5.41) is 1.13. The van der Waals surface area contributed by atoms with Crippen LogP contribution in [-0.2, 0) is 18.6 Å². The fraction of sp³-hybridized carbons (Fsp3) is 0.500. The van der Waals surface area contributed by atoms with Crippen LogP contribution < -0.4 is 5.73 Å². The van der Waals surface area contributed by atoms with Crippen molar-refractivity contribution in [2.45, 2.75) is 31.9 Å². The van der Waals surface area contributed by atoms with Gasteiger partial charge in [-0.3, -0.25) is 0 Å². The highest BCUT2D eigenvalue weighted by Crippen LogP contribution is 2.38. The Labute approximate surface area is 109 Å². The lowest BCUT2D eigenvalue weighted by Crippen LogP contribution is -1.99. The molecule has 2 heterocycles. The van der Waals surface area contributed by atoms with E-state index >= 15 is 0 Å². The molecule has 0 saturated carbocycles. The van der Waals surface area contributed by atoms with Crippen molar-refractivity contribution in [1.82, 2.24) is 9.97 Å².